The minimum absolute atomic E-state index is 0.0502. The first-order valence-electron chi connectivity index (χ1n) is 8.67. The Hall–Kier alpha value is -3.38. The van der Waals surface area contributed by atoms with Crippen LogP contribution in [-0.2, 0) is 7.05 Å². The summed E-state index contributed by atoms with van der Waals surface area (Å²) < 4.78 is 3.25. The molecule has 0 spiro atoms. The molecule has 1 aromatic carbocycles. The number of aromatic nitrogens is 2. The number of hydrogen-bond acceptors (Lipinski definition) is 6. The highest BCUT2D eigenvalue weighted by molar-refractivity contribution is 6.46. The molecule has 1 aliphatic rings. The van der Waals surface area contributed by atoms with Crippen LogP contribution in [0.25, 0.3) is 5.69 Å². The van der Waals surface area contributed by atoms with E-state index >= 15 is 0 Å². The molecule has 0 amide bonds. The van der Waals surface area contributed by atoms with Crippen molar-refractivity contribution in [1.82, 2.24) is 19.6 Å². The van der Waals surface area contributed by atoms with Gasteiger partial charge in [0.2, 0.25) is 5.71 Å². The highest BCUT2D eigenvalue weighted by atomic mass is 16.1. The zero-order valence-corrected chi connectivity index (χ0v) is 15.4. The number of amidine groups is 1. The van der Waals surface area contributed by atoms with E-state index in [2.05, 4.69) is 15.8 Å². The zero-order valence-electron chi connectivity index (χ0n) is 15.4. The number of anilines is 1. The van der Waals surface area contributed by atoms with E-state index in [9.17, 15) is 10.1 Å². The van der Waals surface area contributed by atoms with Gasteiger partial charge in [0, 0.05) is 33.2 Å². The van der Waals surface area contributed by atoms with Crippen LogP contribution in [0, 0.1) is 23.7 Å². The first kappa shape index (κ1) is 18.4. The lowest BCUT2D eigenvalue weighted by atomic mass is 10.3. The van der Waals surface area contributed by atoms with Crippen molar-refractivity contribution in [3.05, 3.63) is 46.4 Å². The Morgan fingerprint density at radius 1 is 1.30 bits per heavy atom. The Balaban J connectivity index is 1.89. The molecule has 2 aromatic rings. The molecule has 0 atom stereocenters. The third kappa shape index (κ3) is 3.61. The second-order valence-corrected chi connectivity index (χ2v) is 6.21. The molecule has 3 rings (SSSR count). The Bertz CT molecular complexity index is 958. The van der Waals surface area contributed by atoms with Gasteiger partial charge in [-0.3, -0.25) is 20.3 Å². The second kappa shape index (κ2) is 7.88. The molecule has 0 unspecified atom stereocenters. The number of nitrogens with one attached hydrogen (secondary N) is 3. The maximum absolute atomic E-state index is 12.8. The van der Waals surface area contributed by atoms with Gasteiger partial charge >= 0.3 is 0 Å². The van der Waals surface area contributed by atoms with Gasteiger partial charge in [0.05, 0.1) is 11.4 Å². The lowest BCUT2D eigenvalue weighted by Gasteiger charge is -2.28. The van der Waals surface area contributed by atoms with E-state index in [1.54, 1.807) is 23.6 Å². The minimum atomic E-state index is -0.268. The van der Waals surface area contributed by atoms with Gasteiger partial charge in [-0.1, -0.05) is 18.2 Å². The van der Waals surface area contributed by atoms with E-state index in [-0.39, 0.29) is 22.8 Å². The molecular formula is C18H22N8O. The van der Waals surface area contributed by atoms with Crippen LogP contribution in [0.2, 0.25) is 0 Å². The summed E-state index contributed by atoms with van der Waals surface area (Å²) in [7, 11) is 1.78. The first-order chi connectivity index (χ1) is 13.0. The van der Waals surface area contributed by atoms with Gasteiger partial charge in [-0.05, 0) is 19.1 Å². The average Bonchev–Trinajstić information content (AvgIpc) is 2.92. The topological polar surface area (TPSA) is 114 Å². The summed E-state index contributed by atoms with van der Waals surface area (Å²) in [5, 5.41) is 24.9. The Labute approximate surface area is 157 Å². The average molecular weight is 366 g/mol. The van der Waals surface area contributed by atoms with Crippen LogP contribution in [0.4, 0.5) is 5.69 Å². The fourth-order valence-corrected chi connectivity index (χ4v) is 2.98. The van der Waals surface area contributed by atoms with Crippen LogP contribution >= 0.6 is 0 Å². The fourth-order valence-electron chi connectivity index (χ4n) is 2.98. The molecule has 140 valence electrons. The summed E-state index contributed by atoms with van der Waals surface area (Å²) in [5.74, 6) is 0.0588. The van der Waals surface area contributed by atoms with Crippen molar-refractivity contribution in [1.29, 1.82) is 10.7 Å². The van der Waals surface area contributed by atoms with Crippen LogP contribution in [0.5, 0.6) is 0 Å². The molecule has 1 aliphatic heterocycles. The van der Waals surface area contributed by atoms with E-state index in [1.807, 2.05) is 36.4 Å². The summed E-state index contributed by atoms with van der Waals surface area (Å²) in [6.07, 6.45) is 0. The molecule has 0 radical (unpaired) electrons. The fraction of sp³-hybridized carbons (Fsp3) is 0.333. The summed E-state index contributed by atoms with van der Waals surface area (Å²) in [6.45, 7) is 4.60. The molecule has 1 saturated heterocycles. The molecule has 9 heteroatoms. The number of nitrogens with zero attached hydrogens (tertiary/aromatic N) is 5. The van der Waals surface area contributed by atoms with Crippen LogP contribution in [-0.4, -0.2) is 52.0 Å². The van der Waals surface area contributed by atoms with Gasteiger partial charge < -0.3 is 10.2 Å². The molecule has 1 aromatic heterocycles. The zero-order chi connectivity index (χ0) is 19.4. The summed E-state index contributed by atoms with van der Waals surface area (Å²) in [4.78, 5) is 14.6. The normalized spacial score (nSPS) is 14.7. The lowest BCUT2D eigenvalue weighted by Crippen LogP contribution is -2.48. The molecule has 9 nitrogen and oxygen atoms in total. The highest BCUT2D eigenvalue weighted by Gasteiger charge is 2.19. The molecular weight excluding hydrogens is 344 g/mol. The molecule has 27 heavy (non-hydrogen) atoms. The Kier molecular flexibility index (Phi) is 5.38. The van der Waals surface area contributed by atoms with Crippen LogP contribution in [0.3, 0.4) is 0 Å². The predicted octanol–water partition coefficient (Wildman–Crippen LogP) is 0.658. The number of benzene rings is 1. The smallest absolute Gasteiger partial charge is 0.296 e. The predicted molar refractivity (Wildman–Crippen MR) is 105 cm³/mol. The number of hydrogen-bond donors (Lipinski definition) is 3. The second-order valence-electron chi connectivity index (χ2n) is 6.21. The van der Waals surface area contributed by atoms with Crippen LogP contribution in [0.15, 0.2) is 40.2 Å². The lowest BCUT2D eigenvalue weighted by molar-refractivity contribution is 0.359. The van der Waals surface area contributed by atoms with E-state index in [0.29, 0.717) is 18.8 Å². The van der Waals surface area contributed by atoms with Crippen molar-refractivity contribution in [3.63, 3.8) is 0 Å². The Morgan fingerprint density at radius 3 is 2.59 bits per heavy atom. The molecule has 2 heterocycles. The van der Waals surface area contributed by atoms with Crippen molar-refractivity contribution in [3.8, 4) is 11.8 Å². The maximum atomic E-state index is 12.8. The summed E-state index contributed by atoms with van der Waals surface area (Å²) in [5.41, 5.74) is 4.09. The molecule has 1 fully saturated rings. The van der Waals surface area contributed by atoms with E-state index in [0.717, 1.165) is 18.8 Å². The Morgan fingerprint density at radius 2 is 1.96 bits per heavy atom. The van der Waals surface area contributed by atoms with Gasteiger partial charge in [-0.25, -0.2) is 4.68 Å². The monoisotopic (exact) mass is 366 g/mol. The van der Waals surface area contributed by atoms with Crippen molar-refractivity contribution >= 4 is 17.2 Å². The molecule has 0 aliphatic carbocycles. The number of para-hydroxylation sites is 1. The third-order valence-electron chi connectivity index (χ3n) is 4.60. The first-order valence-corrected chi connectivity index (χ1v) is 8.67. The summed E-state index contributed by atoms with van der Waals surface area (Å²) in [6, 6.07) is 11.2. The van der Waals surface area contributed by atoms with Gasteiger partial charge in [0.25, 0.3) is 5.56 Å². The van der Waals surface area contributed by atoms with Gasteiger partial charge in [0.1, 0.15) is 11.8 Å². The number of nitriles is 1. The van der Waals surface area contributed by atoms with Crippen molar-refractivity contribution in [2.24, 2.45) is 12.1 Å². The van der Waals surface area contributed by atoms with Crippen molar-refractivity contribution < 1.29 is 0 Å². The van der Waals surface area contributed by atoms with Gasteiger partial charge in [0.15, 0.2) is 5.84 Å². The largest absolute Gasteiger partial charge is 0.352 e. The standard InChI is InChI=1S/C18H22N8O/c1-13-16(18(27)26(24(13)2)14-6-4-3-5-7-14)23-22-15(12-19)17(20)25-10-8-21-9-11-25/h3-7,20-21,23H,8-11H2,1-2H3/b20-17?,22-15-. The van der Waals surface area contributed by atoms with E-state index in [4.69, 9.17) is 5.41 Å². The van der Waals surface area contributed by atoms with Crippen molar-refractivity contribution in [2.45, 2.75) is 6.92 Å². The van der Waals surface area contributed by atoms with Gasteiger partial charge in [-0.15, -0.1) is 0 Å². The third-order valence-corrected chi connectivity index (χ3v) is 4.60. The number of rotatable bonds is 4. The molecule has 0 saturated carbocycles. The van der Waals surface area contributed by atoms with Crippen molar-refractivity contribution in [2.75, 3.05) is 31.6 Å². The summed E-state index contributed by atoms with van der Waals surface area (Å²) >= 11 is 0. The van der Waals surface area contributed by atoms with E-state index < -0.39 is 0 Å². The molecule has 0 bridgehead atoms. The van der Waals surface area contributed by atoms with Crippen LogP contribution in [0.1, 0.15) is 5.69 Å². The SMILES string of the molecule is Cc1c(N/N=C(/C#N)C(=N)N2CCNCC2)c(=O)n(-c2ccccc2)n1C. The quantitative estimate of drug-likeness (QED) is 0.418. The number of piperazine rings is 1. The molecule has 3 N–H and O–H groups in total. The maximum Gasteiger partial charge on any atom is 0.296 e. The number of hydrazone groups is 1. The van der Waals surface area contributed by atoms with E-state index in [1.165, 1.54) is 4.68 Å². The minimum Gasteiger partial charge on any atom is -0.352 e. The van der Waals surface area contributed by atoms with Gasteiger partial charge in [-0.2, -0.15) is 10.4 Å². The van der Waals surface area contributed by atoms with Crippen LogP contribution < -0.4 is 16.3 Å². The highest BCUT2D eigenvalue weighted by Crippen LogP contribution is 2.14.